The van der Waals surface area contributed by atoms with Crippen molar-refractivity contribution in [3.8, 4) is 5.88 Å². The molecule has 1 heterocycles. The van der Waals surface area contributed by atoms with Crippen LogP contribution in [0, 0.1) is 10.1 Å². The summed E-state index contributed by atoms with van der Waals surface area (Å²) in [5.41, 5.74) is 0.697. The lowest BCUT2D eigenvalue weighted by molar-refractivity contribution is -0.385. The Morgan fingerprint density at radius 2 is 2.13 bits per heavy atom. The molecule has 0 bridgehead atoms. The number of carbonyl (C=O) groups excluding carboxylic acids is 1. The number of nitrogens with zero attached hydrogens (tertiary/aromatic N) is 2. The first-order valence-electron chi connectivity index (χ1n) is 7.06. The van der Waals surface area contributed by atoms with E-state index in [1.807, 2.05) is 0 Å². The molecule has 0 aliphatic rings. The normalized spacial score (nSPS) is 11.6. The van der Waals surface area contributed by atoms with Gasteiger partial charge in [0.05, 0.1) is 11.5 Å². The van der Waals surface area contributed by atoms with Gasteiger partial charge >= 0.3 is 5.97 Å². The highest BCUT2D eigenvalue weighted by atomic mass is 16.6. The lowest BCUT2D eigenvalue weighted by Gasteiger charge is -2.14. The van der Waals surface area contributed by atoms with Crippen molar-refractivity contribution in [2.75, 3.05) is 6.61 Å². The highest BCUT2D eigenvalue weighted by Crippen LogP contribution is 2.24. The minimum Gasteiger partial charge on any atom is -0.477 e. The number of nitro groups is 1. The van der Waals surface area contributed by atoms with Crippen LogP contribution in [0.2, 0.25) is 0 Å². The van der Waals surface area contributed by atoms with Crippen molar-refractivity contribution in [1.29, 1.82) is 0 Å². The predicted octanol–water partition coefficient (Wildman–Crippen LogP) is 3.31. The molecule has 1 atom stereocenters. The van der Waals surface area contributed by atoms with Crippen molar-refractivity contribution in [3.05, 3.63) is 63.8 Å². The molecule has 0 N–H and O–H groups in total. The summed E-state index contributed by atoms with van der Waals surface area (Å²) in [4.78, 5) is 26.6. The molecule has 0 aliphatic carbocycles. The van der Waals surface area contributed by atoms with Crippen molar-refractivity contribution in [2.24, 2.45) is 0 Å². The highest BCUT2D eigenvalue weighted by Gasteiger charge is 2.19. The van der Waals surface area contributed by atoms with Crippen LogP contribution in [0.25, 0.3) is 0 Å². The molecule has 1 aromatic carbocycles. The Morgan fingerprint density at radius 1 is 1.35 bits per heavy atom. The summed E-state index contributed by atoms with van der Waals surface area (Å²) in [5.74, 6) is -0.396. The standard InChI is InChI=1S/C16H16N2O5/c1-3-22-15-14(8-5-9-17-15)16(19)23-11(2)12-6-4-7-13(10-12)18(20)21/h4-11H,3H2,1-2H3. The van der Waals surface area contributed by atoms with E-state index in [0.29, 0.717) is 12.2 Å². The number of hydrogen-bond donors (Lipinski definition) is 0. The third-order valence-corrected chi connectivity index (χ3v) is 3.11. The molecular weight excluding hydrogens is 300 g/mol. The second-order valence-electron chi connectivity index (χ2n) is 4.69. The smallest absolute Gasteiger partial charge is 0.344 e. The Balaban J connectivity index is 2.17. The van der Waals surface area contributed by atoms with E-state index in [2.05, 4.69) is 4.98 Å². The van der Waals surface area contributed by atoms with Crippen LogP contribution in [0.15, 0.2) is 42.6 Å². The summed E-state index contributed by atoms with van der Waals surface area (Å²) in [7, 11) is 0. The van der Waals surface area contributed by atoms with Gasteiger partial charge in [0.15, 0.2) is 0 Å². The number of hydrogen-bond acceptors (Lipinski definition) is 6. The number of carbonyl (C=O) groups is 1. The second-order valence-corrected chi connectivity index (χ2v) is 4.69. The summed E-state index contributed by atoms with van der Waals surface area (Å²) in [6.07, 6.45) is 0.878. The molecule has 1 unspecified atom stereocenters. The molecular formula is C16H16N2O5. The molecule has 0 spiro atoms. The monoisotopic (exact) mass is 316 g/mol. The third kappa shape index (κ3) is 4.03. The van der Waals surface area contributed by atoms with Crippen LogP contribution in [-0.2, 0) is 4.74 Å². The Morgan fingerprint density at radius 3 is 2.83 bits per heavy atom. The fourth-order valence-electron chi connectivity index (χ4n) is 1.98. The van der Waals surface area contributed by atoms with Gasteiger partial charge in [-0.05, 0) is 31.5 Å². The lowest BCUT2D eigenvalue weighted by Crippen LogP contribution is -2.12. The number of rotatable bonds is 6. The van der Waals surface area contributed by atoms with Crippen LogP contribution < -0.4 is 4.74 Å². The molecule has 0 fully saturated rings. The highest BCUT2D eigenvalue weighted by molar-refractivity contribution is 5.91. The van der Waals surface area contributed by atoms with E-state index in [-0.39, 0.29) is 17.1 Å². The Bertz CT molecular complexity index is 717. The second kappa shape index (κ2) is 7.35. The minimum absolute atomic E-state index is 0.0539. The van der Waals surface area contributed by atoms with Crippen LogP contribution in [0.1, 0.15) is 35.9 Å². The van der Waals surface area contributed by atoms with Crippen molar-refractivity contribution in [1.82, 2.24) is 4.98 Å². The SMILES string of the molecule is CCOc1ncccc1C(=O)OC(C)c1cccc([N+](=O)[O-])c1. The van der Waals surface area contributed by atoms with E-state index < -0.39 is 17.0 Å². The van der Waals surface area contributed by atoms with Crippen molar-refractivity contribution < 1.29 is 19.2 Å². The molecule has 0 radical (unpaired) electrons. The van der Waals surface area contributed by atoms with Crippen LogP contribution in [0.4, 0.5) is 5.69 Å². The van der Waals surface area contributed by atoms with Gasteiger partial charge in [-0.2, -0.15) is 0 Å². The maximum absolute atomic E-state index is 12.3. The first kappa shape index (κ1) is 16.4. The van der Waals surface area contributed by atoms with Gasteiger partial charge in [-0.15, -0.1) is 0 Å². The topological polar surface area (TPSA) is 91.6 Å². The molecule has 2 rings (SSSR count). The van der Waals surface area contributed by atoms with E-state index in [4.69, 9.17) is 9.47 Å². The van der Waals surface area contributed by atoms with Gasteiger partial charge in [0.25, 0.3) is 5.69 Å². The molecule has 0 saturated carbocycles. The van der Waals surface area contributed by atoms with E-state index in [9.17, 15) is 14.9 Å². The van der Waals surface area contributed by atoms with Gasteiger partial charge < -0.3 is 9.47 Å². The van der Waals surface area contributed by atoms with Gasteiger partial charge in [0, 0.05) is 18.3 Å². The summed E-state index contributed by atoms with van der Waals surface area (Å²) >= 11 is 0. The quantitative estimate of drug-likeness (QED) is 0.461. The van der Waals surface area contributed by atoms with Crippen molar-refractivity contribution >= 4 is 11.7 Å². The van der Waals surface area contributed by atoms with Gasteiger partial charge in [0.2, 0.25) is 5.88 Å². The Hall–Kier alpha value is -2.96. The molecule has 0 saturated heterocycles. The zero-order valence-electron chi connectivity index (χ0n) is 12.8. The number of non-ortho nitro benzene ring substituents is 1. The molecule has 7 nitrogen and oxygen atoms in total. The number of nitro benzene ring substituents is 1. The maximum Gasteiger partial charge on any atom is 0.344 e. The number of pyridine rings is 1. The molecule has 2 aromatic rings. The summed E-state index contributed by atoms with van der Waals surface area (Å²) in [6, 6.07) is 9.14. The number of esters is 1. The summed E-state index contributed by atoms with van der Waals surface area (Å²) in [5, 5.41) is 10.8. The van der Waals surface area contributed by atoms with E-state index in [1.54, 1.807) is 38.1 Å². The number of ether oxygens (including phenoxy) is 2. The third-order valence-electron chi connectivity index (χ3n) is 3.11. The van der Waals surface area contributed by atoms with Crippen LogP contribution >= 0.6 is 0 Å². The Labute approximate surface area is 133 Å². The van der Waals surface area contributed by atoms with Crippen LogP contribution in [0.5, 0.6) is 5.88 Å². The number of aromatic nitrogens is 1. The van der Waals surface area contributed by atoms with Crippen molar-refractivity contribution in [2.45, 2.75) is 20.0 Å². The van der Waals surface area contributed by atoms with Gasteiger partial charge in [-0.3, -0.25) is 10.1 Å². The van der Waals surface area contributed by atoms with E-state index in [1.165, 1.54) is 18.3 Å². The molecule has 23 heavy (non-hydrogen) atoms. The molecule has 0 aliphatic heterocycles. The van der Waals surface area contributed by atoms with E-state index >= 15 is 0 Å². The predicted molar refractivity (Wildman–Crippen MR) is 82.3 cm³/mol. The number of benzene rings is 1. The average Bonchev–Trinajstić information content (AvgIpc) is 2.55. The maximum atomic E-state index is 12.3. The molecule has 1 aromatic heterocycles. The van der Waals surface area contributed by atoms with Gasteiger partial charge in [-0.25, -0.2) is 9.78 Å². The van der Waals surface area contributed by atoms with Gasteiger partial charge in [0.1, 0.15) is 11.7 Å². The fraction of sp³-hybridized carbons (Fsp3) is 0.250. The minimum atomic E-state index is -0.642. The Kier molecular flexibility index (Phi) is 5.24. The molecule has 120 valence electrons. The fourth-order valence-corrected chi connectivity index (χ4v) is 1.98. The molecule has 0 amide bonds. The van der Waals surface area contributed by atoms with Crippen LogP contribution in [0.3, 0.4) is 0 Å². The first-order valence-corrected chi connectivity index (χ1v) is 7.06. The summed E-state index contributed by atoms with van der Waals surface area (Å²) < 4.78 is 10.7. The zero-order valence-corrected chi connectivity index (χ0v) is 12.8. The first-order chi connectivity index (χ1) is 11.0. The van der Waals surface area contributed by atoms with Crippen LogP contribution in [-0.4, -0.2) is 22.5 Å². The van der Waals surface area contributed by atoms with Crippen molar-refractivity contribution in [3.63, 3.8) is 0 Å². The summed E-state index contributed by atoms with van der Waals surface area (Å²) in [6.45, 7) is 3.81. The van der Waals surface area contributed by atoms with Gasteiger partial charge in [-0.1, -0.05) is 12.1 Å². The largest absolute Gasteiger partial charge is 0.477 e. The zero-order chi connectivity index (χ0) is 16.8. The molecule has 7 heteroatoms. The lowest BCUT2D eigenvalue weighted by atomic mass is 10.1. The average molecular weight is 316 g/mol. The van der Waals surface area contributed by atoms with E-state index in [0.717, 1.165) is 0 Å².